The molecule has 0 heterocycles. The van der Waals surface area contributed by atoms with Gasteiger partial charge in [-0.1, -0.05) is 0 Å². The summed E-state index contributed by atoms with van der Waals surface area (Å²) >= 11 is 0. The van der Waals surface area contributed by atoms with Gasteiger partial charge in [0, 0.05) is 25.2 Å². The van der Waals surface area contributed by atoms with E-state index in [0.29, 0.717) is 17.9 Å². The maximum atomic E-state index is 12.4. The monoisotopic (exact) mass is 322 g/mol. The molecular formula is C17H26N2O4. The molecule has 1 aromatic rings. The first kappa shape index (κ1) is 18.8. The molecule has 6 nitrogen and oxygen atoms in total. The SMILES string of the molecule is COc1ccc(C(=O)N(C)[C@@H](C)CNC(=O)OC(C)(C)C)cc1. The van der Waals surface area contributed by atoms with Crippen molar-refractivity contribution in [1.29, 1.82) is 0 Å². The second-order valence-corrected chi connectivity index (χ2v) is 6.38. The lowest BCUT2D eigenvalue weighted by atomic mass is 10.1. The molecule has 0 saturated heterocycles. The summed E-state index contributed by atoms with van der Waals surface area (Å²) in [7, 11) is 3.28. The zero-order valence-corrected chi connectivity index (χ0v) is 14.7. The molecule has 1 rings (SSSR count). The summed E-state index contributed by atoms with van der Waals surface area (Å²) in [5, 5.41) is 2.67. The van der Waals surface area contributed by atoms with Crippen molar-refractivity contribution < 1.29 is 19.1 Å². The van der Waals surface area contributed by atoms with Crippen molar-refractivity contribution in [3.05, 3.63) is 29.8 Å². The topological polar surface area (TPSA) is 67.9 Å². The standard InChI is InChI=1S/C17H26N2O4/c1-12(11-18-16(21)23-17(2,3)4)19(5)15(20)13-7-9-14(22-6)10-8-13/h7-10,12H,11H2,1-6H3,(H,18,21)/t12-/m0/s1. The van der Waals surface area contributed by atoms with Crippen LogP contribution in [0.25, 0.3) is 0 Å². The fourth-order valence-corrected chi connectivity index (χ4v) is 1.82. The molecule has 6 heteroatoms. The average Bonchev–Trinajstić information content (AvgIpc) is 2.49. The van der Waals surface area contributed by atoms with Gasteiger partial charge in [0.15, 0.2) is 0 Å². The molecule has 0 spiro atoms. The molecule has 0 aliphatic carbocycles. The lowest BCUT2D eigenvalue weighted by molar-refractivity contribution is 0.0501. The number of carbonyl (C=O) groups excluding carboxylic acids is 2. The maximum Gasteiger partial charge on any atom is 0.407 e. The van der Waals surface area contributed by atoms with Gasteiger partial charge < -0.3 is 19.7 Å². The molecule has 0 bridgehead atoms. The van der Waals surface area contributed by atoms with Gasteiger partial charge in [-0.25, -0.2) is 4.79 Å². The zero-order valence-electron chi connectivity index (χ0n) is 14.7. The van der Waals surface area contributed by atoms with Crippen molar-refractivity contribution in [3.8, 4) is 5.75 Å². The van der Waals surface area contributed by atoms with E-state index in [4.69, 9.17) is 9.47 Å². The zero-order chi connectivity index (χ0) is 17.6. The van der Waals surface area contributed by atoms with Gasteiger partial charge in [-0.15, -0.1) is 0 Å². The Labute approximate surface area is 137 Å². The number of alkyl carbamates (subject to hydrolysis) is 1. The molecular weight excluding hydrogens is 296 g/mol. The van der Waals surface area contributed by atoms with Crippen LogP contribution in [0.3, 0.4) is 0 Å². The molecule has 0 saturated carbocycles. The number of amides is 2. The minimum atomic E-state index is -0.544. The Bertz CT molecular complexity index is 535. The predicted molar refractivity (Wildman–Crippen MR) is 88.8 cm³/mol. The van der Waals surface area contributed by atoms with E-state index < -0.39 is 11.7 Å². The number of hydrogen-bond acceptors (Lipinski definition) is 4. The molecule has 0 aliphatic heterocycles. The van der Waals surface area contributed by atoms with Crippen LogP contribution in [0, 0.1) is 0 Å². The molecule has 0 radical (unpaired) electrons. The molecule has 2 amide bonds. The van der Waals surface area contributed by atoms with Gasteiger partial charge in [-0.3, -0.25) is 4.79 Å². The molecule has 0 unspecified atom stereocenters. The van der Waals surface area contributed by atoms with Crippen molar-refractivity contribution in [2.45, 2.75) is 39.3 Å². The Hall–Kier alpha value is -2.24. The summed E-state index contributed by atoms with van der Waals surface area (Å²) in [6.45, 7) is 7.58. The smallest absolute Gasteiger partial charge is 0.407 e. The number of benzene rings is 1. The van der Waals surface area contributed by atoms with Crippen LogP contribution in [0.5, 0.6) is 5.75 Å². The van der Waals surface area contributed by atoms with Crippen LogP contribution in [0.15, 0.2) is 24.3 Å². The van der Waals surface area contributed by atoms with Crippen molar-refractivity contribution in [3.63, 3.8) is 0 Å². The van der Waals surface area contributed by atoms with E-state index >= 15 is 0 Å². The quantitative estimate of drug-likeness (QED) is 0.905. The highest BCUT2D eigenvalue weighted by Crippen LogP contribution is 2.13. The van der Waals surface area contributed by atoms with E-state index in [1.54, 1.807) is 64.1 Å². The Morgan fingerprint density at radius 2 is 1.78 bits per heavy atom. The lowest BCUT2D eigenvalue weighted by Gasteiger charge is -2.26. The third-order valence-corrected chi connectivity index (χ3v) is 3.26. The van der Waals surface area contributed by atoms with Crippen molar-refractivity contribution in [1.82, 2.24) is 10.2 Å². The van der Waals surface area contributed by atoms with Crippen LogP contribution in [-0.2, 0) is 4.74 Å². The van der Waals surface area contributed by atoms with E-state index in [1.165, 1.54) is 0 Å². The maximum absolute atomic E-state index is 12.4. The third-order valence-electron chi connectivity index (χ3n) is 3.26. The number of methoxy groups -OCH3 is 1. The van der Waals surface area contributed by atoms with Gasteiger partial charge in [0.1, 0.15) is 11.4 Å². The summed E-state index contributed by atoms with van der Waals surface area (Å²) in [6, 6.07) is 6.74. The van der Waals surface area contributed by atoms with E-state index in [-0.39, 0.29) is 11.9 Å². The second kappa shape index (κ2) is 7.85. The van der Waals surface area contributed by atoms with Crippen LogP contribution < -0.4 is 10.1 Å². The van der Waals surface area contributed by atoms with E-state index in [2.05, 4.69) is 5.32 Å². The number of nitrogens with one attached hydrogen (secondary N) is 1. The molecule has 1 N–H and O–H groups in total. The first-order valence-corrected chi connectivity index (χ1v) is 7.52. The fourth-order valence-electron chi connectivity index (χ4n) is 1.82. The fraction of sp³-hybridized carbons (Fsp3) is 0.529. The Kier molecular flexibility index (Phi) is 6.42. The minimum absolute atomic E-state index is 0.119. The van der Waals surface area contributed by atoms with Crippen LogP contribution in [0.2, 0.25) is 0 Å². The van der Waals surface area contributed by atoms with Crippen molar-refractivity contribution >= 4 is 12.0 Å². The molecule has 0 aromatic heterocycles. The van der Waals surface area contributed by atoms with Gasteiger partial charge >= 0.3 is 6.09 Å². The van der Waals surface area contributed by atoms with E-state index in [9.17, 15) is 9.59 Å². The first-order valence-electron chi connectivity index (χ1n) is 7.52. The molecule has 0 aliphatic rings. The minimum Gasteiger partial charge on any atom is -0.497 e. The molecule has 23 heavy (non-hydrogen) atoms. The van der Waals surface area contributed by atoms with Crippen molar-refractivity contribution in [2.75, 3.05) is 20.7 Å². The Morgan fingerprint density at radius 3 is 2.26 bits per heavy atom. The number of hydrogen-bond donors (Lipinski definition) is 1. The van der Waals surface area contributed by atoms with Crippen LogP contribution >= 0.6 is 0 Å². The molecule has 0 fully saturated rings. The first-order chi connectivity index (χ1) is 10.6. The largest absolute Gasteiger partial charge is 0.497 e. The van der Waals surface area contributed by atoms with Gasteiger partial charge in [-0.2, -0.15) is 0 Å². The summed E-state index contributed by atoms with van der Waals surface area (Å²) in [5.41, 5.74) is 0.0235. The van der Waals surface area contributed by atoms with Gasteiger partial charge in [0.25, 0.3) is 5.91 Å². The number of nitrogens with zero attached hydrogens (tertiary/aromatic N) is 1. The summed E-state index contributed by atoms with van der Waals surface area (Å²) in [4.78, 5) is 25.6. The third kappa shape index (κ3) is 6.18. The number of rotatable bonds is 5. The summed E-state index contributed by atoms with van der Waals surface area (Å²) in [5.74, 6) is 0.579. The van der Waals surface area contributed by atoms with Gasteiger partial charge in [0.05, 0.1) is 7.11 Å². The Balaban J connectivity index is 2.56. The number of ether oxygens (including phenoxy) is 2. The predicted octanol–water partition coefficient (Wildman–Crippen LogP) is 2.68. The molecule has 1 atom stereocenters. The highest BCUT2D eigenvalue weighted by Gasteiger charge is 2.20. The van der Waals surface area contributed by atoms with Crippen LogP contribution in [-0.4, -0.2) is 49.2 Å². The van der Waals surface area contributed by atoms with Crippen molar-refractivity contribution in [2.24, 2.45) is 0 Å². The Morgan fingerprint density at radius 1 is 1.22 bits per heavy atom. The molecule has 128 valence electrons. The normalized spacial score (nSPS) is 12.3. The number of carbonyl (C=O) groups is 2. The highest BCUT2D eigenvalue weighted by atomic mass is 16.6. The van der Waals surface area contributed by atoms with Crippen LogP contribution in [0.4, 0.5) is 4.79 Å². The highest BCUT2D eigenvalue weighted by molar-refractivity contribution is 5.94. The summed E-state index contributed by atoms with van der Waals surface area (Å²) in [6.07, 6.45) is -0.491. The lowest BCUT2D eigenvalue weighted by Crippen LogP contribution is -2.44. The number of likely N-dealkylation sites (N-methyl/N-ethyl adjacent to an activating group) is 1. The molecule has 1 aromatic carbocycles. The van der Waals surface area contributed by atoms with Gasteiger partial charge in [-0.05, 0) is 52.0 Å². The van der Waals surface area contributed by atoms with E-state index in [1.807, 2.05) is 6.92 Å². The van der Waals surface area contributed by atoms with Gasteiger partial charge in [0.2, 0.25) is 0 Å². The average molecular weight is 322 g/mol. The summed E-state index contributed by atoms with van der Waals surface area (Å²) < 4.78 is 10.2. The van der Waals surface area contributed by atoms with Crippen LogP contribution in [0.1, 0.15) is 38.1 Å². The second-order valence-electron chi connectivity index (χ2n) is 6.38. The van der Waals surface area contributed by atoms with E-state index in [0.717, 1.165) is 0 Å².